The molecular formula is C33H42F2N10O13P2. The van der Waals surface area contributed by atoms with Crippen LogP contribution in [-0.2, 0) is 60.3 Å². The number of halogens is 2. The van der Waals surface area contributed by atoms with E-state index < -0.39 is 108 Å². The van der Waals surface area contributed by atoms with Crippen molar-refractivity contribution >= 4 is 61.3 Å². The van der Waals surface area contributed by atoms with E-state index in [1.165, 1.54) is 21.8 Å². The van der Waals surface area contributed by atoms with Crippen molar-refractivity contribution in [3.63, 3.8) is 0 Å². The van der Waals surface area contributed by atoms with Gasteiger partial charge in [-0.3, -0.25) is 41.4 Å². The predicted molar refractivity (Wildman–Crippen MR) is 200 cm³/mol. The molecule has 4 aromatic heterocycles. The van der Waals surface area contributed by atoms with Crippen molar-refractivity contribution in [1.82, 2.24) is 39.0 Å². The zero-order valence-electron chi connectivity index (χ0n) is 32.9. The van der Waals surface area contributed by atoms with Crippen molar-refractivity contribution in [2.75, 3.05) is 31.7 Å². The van der Waals surface area contributed by atoms with Gasteiger partial charge < -0.3 is 30.4 Å². The molecule has 0 spiro atoms. The van der Waals surface area contributed by atoms with Gasteiger partial charge in [-0.05, 0) is 47.6 Å². The number of fused-ring (bicyclic) bond motifs is 4. The number of aromatic nitrogens is 8. The maximum absolute atomic E-state index is 16.8. The number of phosphoric acid groups is 1. The van der Waals surface area contributed by atoms with Gasteiger partial charge in [-0.1, -0.05) is 0 Å². The molecule has 326 valence electrons. The number of ether oxygens (including phenoxy) is 4. The maximum Gasteiger partial charge on any atom is 0.478 e. The number of alkyl halides is 2. The molecule has 3 aliphatic rings. The highest BCUT2D eigenvalue weighted by Gasteiger charge is 2.55. The molecule has 23 nitrogen and oxygen atoms in total. The summed E-state index contributed by atoms with van der Waals surface area (Å²) in [7, 11) is -9.87. The van der Waals surface area contributed by atoms with Crippen molar-refractivity contribution in [3.8, 4) is 0 Å². The molecule has 0 aliphatic carbocycles. The normalized spacial score (nSPS) is 31.9. The average molecular weight is 887 g/mol. The molecule has 0 aromatic carbocycles. The lowest BCUT2D eigenvalue weighted by Crippen LogP contribution is -2.35. The maximum atomic E-state index is 16.8. The molecule has 4 aromatic rings. The van der Waals surface area contributed by atoms with Gasteiger partial charge in [0.25, 0.3) is 0 Å². The standard InChI is InChI=1S/C33H42F2N10O13P2/c1-32(2,3)30(46)50-14-53-59(48)8-7-16-22(18(34)28(55-16)44-12-42-20-24(36)38-10-40-26(20)44)58-60(49,54-15-51-31(47)33(4,5)6)52-9-17-23(57-59)19(35)29(56-17)45-13-43-21-25(37)39-11-41-27(21)45/h7-8,10-13,16-19,22-23,28-29H,9,14-15H2,1-6H3,(H2,36,38,40)(H2,37,39,41)/b8-7-/t16-,17-,18-,19-,22-,23-,28-,29-,59?,60?/m1/s1. The quantitative estimate of drug-likeness (QED) is 0.143. The number of esters is 2. The number of nitrogens with two attached hydrogens (primary N) is 2. The second-order valence-corrected chi connectivity index (χ2v) is 19.2. The largest absolute Gasteiger partial charge is 0.478 e. The van der Waals surface area contributed by atoms with Crippen molar-refractivity contribution in [3.05, 3.63) is 37.2 Å². The van der Waals surface area contributed by atoms with Crippen molar-refractivity contribution < 1.29 is 69.1 Å². The summed E-state index contributed by atoms with van der Waals surface area (Å²) in [5.41, 5.74) is 10.2. The highest BCUT2D eigenvalue weighted by molar-refractivity contribution is 7.57. The van der Waals surface area contributed by atoms with Crippen LogP contribution in [0.3, 0.4) is 0 Å². The number of carbonyl (C=O) groups excluding carboxylic acids is 2. The van der Waals surface area contributed by atoms with Gasteiger partial charge in [0.2, 0.25) is 13.6 Å². The summed E-state index contributed by atoms with van der Waals surface area (Å²) >= 11 is 0. The van der Waals surface area contributed by atoms with Crippen LogP contribution >= 0.6 is 15.4 Å². The first-order valence-corrected chi connectivity index (χ1v) is 21.2. The molecule has 0 saturated carbocycles. The number of nitrogen functional groups attached to an aromatic ring is 2. The molecule has 4 N–H and O–H groups in total. The first-order chi connectivity index (χ1) is 28.2. The van der Waals surface area contributed by atoms with Crippen LogP contribution in [0.25, 0.3) is 22.3 Å². The Morgan fingerprint density at radius 2 is 1.28 bits per heavy atom. The van der Waals surface area contributed by atoms with Crippen molar-refractivity contribution in [2.45, 2.75) is 90.8 Å². The molecule has 2 unspecified atom stereocenters. The van der Waals surface area contributed by atoms with E-state index in [1.807, 2.05) is 0 Å². The molecule has 0 radical (unpaired) electrons. The number of hydrogen-bond acceptors (Lipinski definition) is 21. The lowest BCUT2D eigenvalue weighted by Gasteiger charge is -2.28. The SMILES string of the molecule is CC(C)(C)C(=O)OCOP1(=O)/C=C\[C@H]2O[C@@H](n3cnc4c(N)ncnc43)[C@H](F)[C@@H]2OP(=O)(OCOC(=O)C(C)(C)C)OC[C@H]2O[C@@H](n3cnc4c(N)ncnc43)[C@H](F)[C@@H]2O1. The molecule has 27 heteroatoms. The van der Waals surface area contributed by atoms with Crippen molar-refractivity contribution in [1.29, 1.82) is 0 Å². The Bertz CT molecular complexity index is 2390. The molecule has 0 amide bonds. The van der Waals surface area contributed by atoms with Gasteiger partial charge in [-0.15, -0.1) is 0 Å². The molecule has 60 heavy (non-hydrogen) atoms. The third kappa shape index (κ3) is 8.76. The van der Waals surface area contributed by atoms with Crippen LogP contribution in [0.2, 0.25) is 0 Å². The Labute approximate surface area is 339 Å². The van der Waals surface area contributed by atoms with Crippen LogP contribution in [-0.4, -0.2) is 108 Å². The van der Waals surface area contributed by atoms with E-state index in [0.29, 0.717) is 0 Å². The summed E-state index contributed by atoms with van der Waals surface area (Å²) in [4.78, 5) is 49.5. The minimum Gasteiger partial charge on any atom is -0.438 e. The van der Waals surface area contributed by atoms with Gasteiger partial charge in [0, 0.05) is 5.82 Å². The molecule has 7 heterocycles. The molecule has 7 rings (SSSR count). The Hall–Kier alpha value is -4.58. The molecule has 0 bridgehead atoms. The Morgan fingerprint density at radius 3 is 1.83 bits per heavy atom. The van der Waals surface area contributed by atoms with Gasteiger partial charge >= 0.3 is 27.4 Å². The second kappa shape index (κ2) is 16.4. The summed E-state index contributed by atoms with van der Waals surface area (Å²) in [6, 6.07) is 0. The monoisotopic (exact) mass is 886 g/mol. The van der Waals surface area contributed by atoms with E-state index in [0.717, 1.165) is 24.5 Å². The molecular weight excluding hydrogens is 844 g/mol. The Kier molecular flexibility index (Phi) is 11.9. The van der Waals surface area contributed by atoms with Crippen LogP contribution in [0.1, 0.15) is 54.0 Å². The van der Waals surface area contributed by atoms with Crippen LogP contribution < -0.4 is 11.5 Å². The Morgan fingerprint density at radius 1 is 0.767 bits per heavy atom. The highest BCUT2D eigenvalue weighted by Crippen LogP contribution is 2.58. The van der Waals surface area contributed by atoms with Gasteiger partial charge in [-0.2, -0.15) is 0 Å². The van der Waals surface area contributed by atoms with Gasteiger partial charge in [-0.25, -0.2) is 47.8 Å². The molecule has 2 saturated heterocycles. The third-order valence-corrected chi connectivity index (χ3v) is 12.1. The summed E-state index contributed by atoms with van der Waals surface area (Å²) in [6.07, 6.45) is -9.19. The predicted octanol–water partition coefficient (Wildman–Crippen LogP) is 4.04. The van der Waals surface area contributed by atoms with Gasteiger partial charge in [0.1, 0.15) is 48.1 Å². The summed E-state index contributed by atoms with van der Waals surface area (Å²) in [5, 5.41) is 0. The summed E-state index contributed by atoms with van der Waals surface area (Å²) in [6.45, 7) is 6.54. The number of phosphoric ester groups is 1. The van der Waals surface area contributed by atoms with E-state index in [2.05, 4.69) is 29.9 Å². The van der Waals surface area contributed by atoms with Gasteiger partial charge in [0.05, 0.1) is 30.1 Å². The van der Waals surface area contributed by atoms with Crippen molar-refractivity contribution in [2.24, 2.45) is 10.8 Å². The summed E-state index contributed by atoms with van der Waals surface area (Å²) in [5.74, 6) is -0.726. The first-order valence-electron chi connectivity index (χ1n) is 18.2. The van der Waals surface area contributed by atoms with E-state index in [1.54, 1.807) is 41.5 Å². The highest BCUT2D eigenvalue weighted by atomic mass is 31.2. The van der Waals surface area contributed by atoms with E-state index in [4.69, 9.17) is 53.0 Å². The van der Waals surface area contributed by atoms with Crippen LogP contribution in [0, 0.1) is 10.8 Å². The number of rotatable bonds is 8. The molecule has 2 fully saturated rings. The van der Waals surface area contributed by atoms with Gasteiger partial charge in [0.15, 0.2) is 47.7 Å². The minimum atomic E-state index is -5.09. The Balaban J connectivity index is 1.27. The smallest absolute Gasteiger partial charge is 0.438 e. The zero-order valence-corrected chi connectivity index (χ0v) is 34.7. The van der Waals surface area contributed by atoms with Crippen LogP contribution in [0.4, 0.5) is 20.4 Å². The second-order valence-electron chi connectivity index (χ2n) is 15.7. The lowest BCUT2D eigenvalue weighted by molar-refractivity contribution is -0.161. The van der Waals surface area contributed by atoms with E-state index in [9.17, 15) is 18.7 Å². The number of anilines is 2. The lowest BCUT2D eigenvalue weighted by atomic mass is 9.98. The fourth-order valence-electron chi connectivity index (χ4n) is 6.05. The van der Waals surface area contributed by atoms with E-state index >= 15 is 8.78 Å². The fourth-order valence-corrected chi connectivity index (χ4v) is 8.68. The first kappa shape index (κ1) is 43.5. The molecule has 3 aliphatic heterocycles. The number of nitrogens with zero attached hydrogens (tertiary/aromatic N) is 8. The van der Waals surface area contributed by atoms with Crippen LogP contribution in [0.5, 0.6) is 0 Å². The summed E-state index contributed by atoms with van der Waals surface area (Å²) < 4.78 is 116. The molecule has 10 atom stereocenters. The number of hydrogen-bond donors (Lipinski definition) is 2. The average Bonchev–Trinajstić information content (AvgIpc) is 3.94. The number of carbonyl (C=O) groups is 2. The van der Waals surface area contributed by atoms with Crippen LogP contribution in [0.15, 0.2) is 37.2 Å². The zero-order chi connectivity index (χ0) is 43.4. The third-order valence-electron chi connectivity index (χ3n) is 9.22. The topological polar surface area (TPSA) is 291 Å². The number of imidazole rings is 2. The fraction of sp³-hybridized carbons (Fsp3) is 0.576. The minimum absolute atomic E-state index is 0.0201. The van der Waals surface area contributed by atoms with E-state index in [-0.39, 0.29) is 34.0 Å².